The molecule has 0 spiro atoms. The molecule has 0 amide bonds. The quantitative estimate of drug-likeness (QED) is 0.903. The van der Waals surface area contributed by atoms with E-state index in [1.165, 1.54) is 25.3 Å². The maximum Gasteiger partial charge on any atom is 0.129 e. The molecule has 112 valence electrons. The first-order valence-corrected chi connectivity index (χ1v) is 6.81. The summed E-state index contributed by atoms with van der Waals surface area (Å²) in [5.74, 6) is 0.658. The largest absolute Gasteiger partial charge is 0.497 e. The molecule has 2 aromatic carbocycles. The van der Waals surface area contributed by atoms with Crippen LogP contribution in [0.15, 0.2) is 36.4 Å². The highest BCUT2D eigenvalue weighted by Gasteiger charge is 2.12. The third kappa shape index (κ3) is 3.86. The summed E-state index contributed by atoms with van der Waals surface area (Å²) >= 11 is 5.85. The molecule has 5 heteroatoms. The van der Waals surface area contributed by atoms with Gasteiger partial charge in [0, 0.05) is 22.2 Å². The van der Waals surface area contributed by atoms with E-state index in [1.54, 1.807) is 25.1 Å². The van der Waals surface area contributed by atoms with Crippen molar-refractivity contribution in [3.8, 4) is 11.5 Å². The molecule has 2 aromatic rings. The number of hydrogen-bond acceptors (Lipinski definition) is 3. The van der Waals surface area contributed by atoms with Crippen molar-refractivity contribution in [2.24, 2.45) is 0 Å². The van der Waals surface area contributed by atoms with E-state index in [0.717, 1.165) is 0 Å². The first-order valence-electron chi connectivity index (χ1n) is 6.44. The second-order valence-electron chi connectivity index (χ2n) is 4.60. The molecule has 0 fully saturated rings. The van der Waals surface area contributed by atoms with Crippen molar-refractivity contribution in [1.82, 2.24) is 0 Å². The molecular weight excluding hydrogens is 295 g/mol. The first kappa shape index (κ1) is 15.6. The molecule has 1 atom stereocenters. The van der Waals surface area contributed by atoms with Crippen molar-refractivity contribution in [3.05, 3.63) is 58.4 Å². The van der Waals surface area contributed by atoms with Gasteiger partial charge in [-0.2, -0.15) is 0 Å². The minimum absolute atomic E-state index is 0.0132. The monoisotopic (exact) mass is 310 g/mol. The van der Waals surface area contributed by atoms with E-state index in [1.807, 2.05) is 0 Å². The normalized spacial score (nSPS) is 12.0. The van der Waals surface area contributed by atoms with Gasteiger partial charge in [0.1, 0.15) is 23.9 Å². The number of rotatable bonds is 5. The molecule has 0 aliphatic rings. The topological polar surface area (TPSA) is 38.7 Å². The highest BCUT2D eigenvalue weighted by Crippen LogP contribution is 2.30. The van der Waals surface area contributed by atoms with Crippen molar-refractivity contribution < 1.29 is 19.0 Å². The Kier molecular flexibility index (Phi) is 5.04. The standard InChI is InChI=1S/C16H16ClFO3/c1-10(19)14-5-4-13(20-2)8-16(14)21-9-11-7-12(17)3-6-15(11)18/h3-8,10,19H,9H2,1-2H3. The summed E-state index contributed by atoms with van der Waals surface area (Å²) in [5, 5.41) is 10.2. The molecule has 0 bridgehead atoms. The van der Waals surface area contributed by atoms with Crippen LogP contribution in [0.5, 0.6) is 11.5 Å². The Bertz CT molecular complexity index is 629. The fourth-order valence-corrected chi connectivity index (χ4v) is 2.12. The van der Waals surface area contributed by atoms with E-state index in [0.29, 0.717) is 27.6 Å². The van der Waals surface area contributed by atoms with Gasteiger partial charge < -0.3 is 14.6 Å². The molecule has 1 N–H and O–H groups in total. The minimum atomic E-state index is -0.699. The maximum atomic E-state index is 13.7. The number of halogens is 2. The smallest absolute Gasteiger partial charge is 0.129 e. The molecule has 0 aromatic heterocycles. The SMILES string of the molecule is COc1ccc(C(C)O)c(OCc2cc(Cl)ccc2F)c1. The van der Waals surface area contributed by atoms with E-state index in [-0.39, 0.29) is 12.4 Å². The highest BCUT2D eigenvalue weighted by atomic mass is 35.5. The van der Waals surface area contributed by atoms with Gasteiger partial charge in [-0.05, 0) is 37.3 Å². The van der Waals surface area contributed by atoms with Gasteiger partial charge in [0.25, 0.3) is 0 Å². The van der Waals surface area contributed by atoms with Crippen LogP contribution in [0.3, 0.4) is 0 Å². The Morgan fingerprint density at radius 2 is 2.00 bits per heavy atom. The lowest BCUT2D eigenvalue weighted by Crippen LogP contribution is -2.03. The lowest BCUT2D eigenvalue weighted by Gasteiger charge is -2.15. The first-order chi connectivity index (χ1) is 10.0. The lowest BCUT2D eigenvalue weighted by molar-refractivity contribution is 0.189. The summed E-state index contributed by atoms with van der Waals surface area (Å²) in [6.07, 6.45) is -0.699. The zero-order chi connectivity index (χ0) is 15.4. The van der Waals surface area contributed by atoms with Gasteiger partial charge in [-0.15, -0.1) is 0 Å². The van der Waals surface area contributed by atoms with Crippen molar-refractivity contribution in [1.29, 1.82) is 0 Å². The molecule has 2 rings (SSSR count). The average molecular weight is 311 g/mol. The van der Waals surface area contributed by atoms with Crippen molar-refractivity contribution in [2.45, 2.75) is 19.6 Å². The summed E-state index contributed by atoms with van der Waals surface area (Å²) in [6.45, 7) is 1.65. The van der Waals surface area contributed by atoms with Crippen LogP contribution >= 0.6 is 11.6 Å². The van der Waals surface area contributed by atoms with Gasteiger partial charge in [-0.25, -0.2) is 4.39 Å². The Hall–Kier alpha value is -1.78. The molecule has 0 saturated heterocycles. The highest BCUT2D eigenvalue weighted by molar-refractivity contribution is 6.30. The Balaban J connectivity index is 2.24. The molecular formula is C16H16ClFO3. The Morgan fingerprint density at radius 3 is 2.67 bits per heavy atom. The van der Waals surface area contributed by atoms with E-state index in [2.05, 4.69) is 0 Å². The van der Waals surface area contributed by atoms with Crippen molar-refractivity contribution in [3.63, 3.8) is 0 Å². The molecule has 0 saturated carbocycles. The van der Waals surface area contributed by atoms with E-state index in [4.69, 9.17) is 21.1 Å². The number of aliphatic hydroxyl groups excluding tert-OH is 1. The van der Waals surface area contributed by atoms with E-state index in [9.17, 15) is 9.50 Å². The van der Waals surface area contributed by atoms with Gasteiger partial charge in [0.15, 0.2) is 0 Å². The number of methoxy groups -OCH3 is 1. The van der Waals surface area contributed by atoms with Gasteiger partial charge in [-0.3, -0.25) is 0 Å². The van der Waals surface area contributed by atoms with E-state index >= 15 is 0 Å². The molecule has 3 nitrogen and oxygen atoms in total. The predicted molar refractivity (Wildman–Crippen MR) is 79.4 cm³/mol. The fraction of sp³-hybridized carbons (Fsp3) is 0.250. The summed E-state index contributed by atoms with van der Waals surface area (Å²) in [6, 6.07) is 9.39. The minimum Gasteiger partial charge on any atom is -0.497 e. The third-order valence-corrected chi connectivity index (χ3v) is 3.30. The van der Waals surface area contributed by atoms with Crippen LogP contribution < -0.4 is 9.47 Å². The zero-order valence-electron chi connectivity index (χ0n) is 11.8. The lowest BCUT2D eigenvalue weighted by atomic mass is 10.1. The molecule has 0 heterocycles. The summed E-state index contributed by atoms with van der Waals surface area (Å²) in [4.78, 5) is 0. The van der Waals surface area contributed by atoms with Gasteiger partial charge >= 0.3 is 0 Å². The molecule has 0 radical (unpaired) electrons. The van der Waals surface area contributed by atoms with E-state index < -0.39 is 6.10 Å². The molecule has 1 unspecified atom stereocenters. The second kappa shape index (κ2) is 6.78. The maximum absolute atomic E-state index is 13.7. The Labute approximate surface area is 127 Å². The van der Waals surface area contributed by atoms with Gasteiger partial charge in [0.2, 0.25) is 0 Å². The second-order valence-corrected chi connectivity index (χ2v) is 5.04. The third-order valence-electron chi connectivity index (χ3n) is 3.06. The van der Waals surface area contributed by atoms with Gasteiger partial charge in [0.05, 0.1) is 13.2 Å². The van der Waals surface area contributed by atoms with Crippen LogP contribution in [0, 0.1) is 5.82 Å². The van der Waals surface area contributed by atoms with Crippen molar-refractivity contribution in [2.75, 3.05) is 7.11 Å². The molecule has 0 aliphatic carbocycles. The van der Waals surface area contributed by atoms with Crippen LogP contribution in [-0.4, -0.2) is 12.2 Å². The predicted octanol–water partition coefficient (Wildman–Crippen LogP) is 4.12. The van der Waals surface area contributed by atoms with Crippen molar-refractivity contribution >= 4 is 11.6 Å². The van der Waals surface area contributed by atoms with Crippen LogP contribution in [0.2, 0.25) is 5.02 Å². The molecule has 21 heavy (non-hydrogen) atoms. The van der Waals surface area contributed by atoms with Gasteiger partial charge in [-0.1, -0.05) is 11.6 Å². The summed E-state index contributed by atoms with van der Waals surface area (Å²) < 4.78 is 24.4. The van der Waals surface area contributed by atoms with Crippen LogP contribution in [-0.2, 0) is 6.61 Å². The van der Waals surface area contributed by atoms with Crippen LogP contribution in [0.25, 0.3) is 0 Å². The summed E-state index contributed by atoms with van der Waals surface area (Å²) in [7, 11) is 1.54. The van der Waals surface area contributed by atoms with Crippen LogP contribution in [0.4, 0.5) is 4.39 Å². The number of benzene rings is 2. The molecule has 0 aliphatic heterocycles. The fourth-order valence-electron chi connectivity index (χ4n) is 1.92. The number of aliphatic hydroxyl groups is 1. The number of ether oxygens (including phenoxy) is 2. The number of hydrogen-bond donors (Lipinski definition) is 1. The zero-order valence-corrected chi connectivity index (χ0v) is 12.5. The average Bonchev–Trinajstić information content (AvgIpc) is 2.47. The summed E-state index contributed by atoms with van der Waals surface area (Å²) in [5.41, 5.74) is 0.958. The van der Waals surface area contributed by atoms with Crippen LogP contribution in [0.1, 0.15) is 24.2 Å². The Morgan fingerprint density at radius 1 is 1.24 bits per heavy atom.